The van der Waals surface area contributed by atoms with Gasteiger partial charge in [0, 0.05) is 12.6 Å². The molecule has 25 heavy (non-hydrogen) atoms. The molecule has 4 nitrogen and oxygen atoms in total. The third-order valence-electron chi connectivity index (χ3n) is 4.11. The monoisotopic (exact) mass is 351 g/mol. The van der Waals surface area contributed by atoms with Crippen LogP contribution in [0.5, 0.6) is 17.2 Å². The van der Waals surface area contributed by atoms with E-state index in [-0.39, 0.29) is 17.5 Å². The van der Waals surface area contributed by atoms with Gasteiger partial charge in [-0.05, 0) is 49.4 Å². The lowest BCUT2D eigenvalue weighted by molar-refractivity contribution is -0.0512. The highest BCUT2D eigenvalue weighted by molar-refractivity contribution is 5.43. The maximum atomic E-state index is 12.6. The van der Waals surface area contributed by atoms with Gasteiger partial charge in [-0.25, -0.2) is 0 Å². The molecular formula is C19H23F2NO3. The lowest BCUT2D eigenvalue weighted by atomic mass is 10.1. The Balaban J connectivity index is 2.14. The smallest absolute Gasteiger partial charge is 0.387 e. The van der Waals surface area contributed by atoms with E-state index in [0.29, 0.717) is 6.54 Å². The first-order chi connectivity index (χ1) is 11.9. The third-order valence-corrected chi connectivity index (χ3v) is 4.11. The van der Waals surface area contributed by atoms with Gasteiger partial charge >= 0.3 is 6.61 Å². The van der Waals surface area contributed by atoms with E-state index >= 15 is 0 Å². The summed E-state index contributed by atoms with van der Waals surface area (Å²) in [6, 6.07) is 13.0. The van der Waals surface area contributed by atoms with Crippen LogP contribution in [-0.2, 0) is 6.54 Å². The summed E-state index contributed by atoms with van der Waals surface area (Å²) in [7, 11) is 5.03. The quantitative estimate of drug-likeness (QED) is 0.701. The summed E-state index contributed by atoms with van der Waals surface area (Å²) in [6.45, 7) is -0.241. The molecule has 0 aliphatic heterocycles. The van der Waals surface area contributed by atoms with Crippen molar-refractivity contribution in [2.45, 2.75) is 26.1 Å². The predicted octanol–water partition coefficient (Wildman–Crippen LogP) is 4.50. The van der Waals surface area contributed by atoms with Crippen LogP contribution >= 0.6 is 0 Å². The molecule has 0 aliphatic rings. The van der Waals surface area contributed by atoms with Gasteiger partial charge in [-0.2, -0.15) is 8.78 Å². The van der Waals surface area contributed by atoms with E-state index in [1.807, 2.05) is 37.4 Å². The predicted molar refractivity (Wildman–Crippen MR) is 92.5 cm³/mol. The van der Waals surface area contributed by atoms with Crippen molar-refractivity contribution in [2.24, 2.45) is 0 Å². The summed E-state index contributed by atoms with van der Waals surface area (Å²) in [5.74, 6) is 1.12. The molecule has 0 saturated carbocycles. The second-order valence-corrected chi connectivity index (χ2v) is 5.73. The van der Waals surface area contributed by atoms with Crippen LogP contribution in [0.2, 0.25) is 0 Å². The molecule has 0 radical (unpaired) electrons. The van der Waals surface area contributed by atoms with Gasteiger partial charge in [0.05, 0.1) is 14.2 Å². The Morgan fingerprint density at radius 1 is 1.00 bits per heavy atom. The van der Waals surface area contributed by atoms with Gasteiger partial charge in [0.25, 0.3) is 0 Å². The lowest BCUT2D eigenvalue weighted by Crippen LogP contribution is -2.22. The molecule has 0 aliphatic carbocycles. The molecule has 0 saturated heterocycles. The topological polar surface area (TPSA) is 30.9 Å². The number of hydrogen-bond donors (Lipinski definition) is 0. The van der Waals surface area contributed by atoms with Gasteiger partial charge in [-0.3, -0.25) is 4.90 Å². The molecule has 0 amide bonds. The van der Waals surface area contributed by atoms with Gasteiger partial charge in [0.1, 0.15) is 5.75 Å². The molecule has 1 unspecified atom stereocenters. The normalized spacial score (nSPS) is 12.3. The molecule has 0 bridgehead atoms. The molecule has 2 aromatic rings. The molecule has 1 atom stereocenters. The molecule has 0 aromatic heterocycles. The Bertz CT molecular complexity index is 694. The van der Waals surface area contributed by atoms with Gasteiger partial charge in [-0.15, -0.1) is 0 Å². The van der Waals surface area contributed by atoms with Crippen LogP contribution in [0.15, 0.2) is 42.5 Å². The lowest BCUT2D eigenvalue weighted by Gasteiger charge is -2.26. The minimum absolute atomic E-state index is 0.0393. The van der Waals surface area contributed by atoms with Crippen molar-refractivity contribution in [1.29, 1.82) is 0 Å². The Labute approximate surface area is 146 Å². The van der Waals surface area contributed by atoms with Crippen molar-refractivity contribution in [3.63, 3.8) is 0 Å². The minimum Gasteiger partial charge on any atom is -0.497 e. The average molecular weight is 351 g/mol. The molecule has 0 heterocycles. The van der Waals surface area contributed by atoms with E-state index in [9.17, 15) is 8.78 Å². The fourth-order valence-electron chi connectivity index (χ4n) is 2.59. The number of ether oxygens (including phenoxy) is 3. The van der Waals surface area contributed by atoms with Crippen LogP contribution in [0, 0.1) is 0 Å². The average Bonchev–Trinajstić information content (AvgIpc) is 2.60. The maximum Gasteiger partial charge on any atom is 0.387 e. The number of benzene rings is 2. The van der Waals surface area contributed by atoms with Gasteiger partial charge in [-0.1, -0.05) is 18.2 Å². The van der Waals surface area contributed by atoms with E-state index in [4.69, 9.17) is 9.47 Å². The van der Waals surface area contributed by atoms with Crippen LogP contribution in [0.25, 0.3) is 0 Å². The highest BCUT2D eigenvalue weighted by Crippen LogP contribution is 2.31. The number of rotatable bonds is 8. The SMILES string of the molecule is COc1cccc(C(C)N(C)Cc2ccc(OC)c(OC(F)F)c2)c1. The van der Waals surface area contributed by atoms with E-state index < -0.39 is 6.61 Å². The van der Waals surface area contributed by atoms with E-state index in [2.05, 4.69) is 16.6 Å². The van der Waals surface area contributed by atoms with Crippen molar-refractivity contribution < 1.29 is 23.0 Å². The largest absolute Gasteiger partial charge is 0.497 e. The van der Waals surface area contributed by atoms with Gasteiger partial charge in [0.15, 0.2) is 11.5 Å². The first-order valence-corrected chi connectivity index (χ1v) is 7.90. The molecule has 2 rings (SSSR count). The first-order valence-electron chi connectivity index (χ1n) is 7.90. The molecule has 0 fully saturated rings. The summed E-state index contributed by atoms with van der Waals surface area (Å²) in [5.41, 5.74) is 1.97. The second-order valence-electron chi connectivity index (χ2n) is 5.73. The molecule has 2 aromatic carbocycles. The molecule has 0 N–H and O–H groups in total. The standard InChI is InChI=1S/C19H23F2NO3/c1-13(15-6-5-7-16(11-15)23-3)22(2)12-14-8-9-17(24-4)18(10-14)25-19(20)21/h5-11,13,19H,12H2,1-4H3. The fraction of sp³-hybridized carbons (Fsp3) is 0.368. The first kappa shape index (κ1) is 19.0. The number of hydrogen-bond acceptors (Lipinski definition) is 4. The molecular weight excluding hydrogens is 328 g/mol. The zero-order valence-electron chi connectivity index (χ0n) is 14.8. The van der Waals surface area contributed by atoms with Crippen LogP contribution < -0.4 is 14.2 Å². The van der Waals surface area contributed by atoms with Crippen molar-refractivity contribution in [2.75, 3.05) is 21.3 Å². The van der Waals surface area contributed by atoms with Gasteiger partial charge < -0.3 is 14.2 Å². The number of methoxy groups -OCH3 is 2. The maximum absolute atomic E-state index is 12.6. The number of halogens is 2. The van der Waals surface area contributed by atoms with Crippen LogP contribution in [-0.4, -0.2) is 32.8 Å². The van der Waals surface area contributed by atoms with Gasteiger partial charge in [0.2, 0.25) is 0 Å². The number of nitrogens with zero attached hydrogens (tertiary/aromatic N) is 1. The van der Waals surface area contributed by atoms with E-state index in [0.717, 1.165) is 16.9 Å². The minimum atomic E-state index is -2.89. The van der Waals surface area contributed by atoms with Crippen molar-refractivity contribution in [3.8, 4) is 17.2 Å². The zero-order chi connectivity index (χ0) is 18.4. The summed E-state index contributed by atoms with van der Waals surface area (Å²) >= 11 is 0. The summed E-state index contributed by atoms with van der Waals surface area (Å²) < 4.78 is 40.0. The van der Waals surface area contributed by atoms with Crippen molar-refractivity contribution in [3.05, 3.63) is 53.6 Å². The summed E-state index contributed by atoms with van der Waals surface area (Å²) in [6.07, 6.45) is 0. The Kier molecular flexibility index (Phi) is 6.58. The van der Waals surface area contributed by atoms with Crippen molar-refractivity contribution >= 4 is 0 Å². The van der Waals surface area contributed by atoms with E-state index in [1.54, 1.807) is 19.2 Å². The Morgan fingerprint density at radius 3 is 2.40 bits per heavy atom. The number of alkyl halides is 2. The van der Waals surface area contributed by atoms with Crippen LogP contribution in [0.4, 0.5) is 8.78 Å². The Morgan fingerprint density at radius 2 is 1.76 bits per heavy atom. The second kappa shape index (κ2) is 8.67. The molecule has 0 spiro atoms. The zero-order valence-corrected chi connectivity index (χ0v) is 14.8. The fourth-order valence-corrected chi connectivity index (χ4v) is 2.59. The Hall–Kier alpha value is -2.34. The third kappa shape index (κ3) is 5.06. The van der Waals surface area contributed by atoms with Crippen molar-refractivity contribution in [1.82, 2.24) is 4.90 Å². The van der Waals surface area contributed by atoms with Crippen LogP contribution in [0.3, 0.4) is 0 Å². The van der Waals surface area contributed by atoms with E-state index in [1.165, 1.54) is 7.11 Å². The highest BCUT2D eigenvalue weighted by Gasteiger charge is 2.15. The summed E-state index contributed by atoms with van der Waals surface area (Å²) in [5, 5.41) is 0. The summed E-state index contributed by atoms with van der Waals surface area (Å²) in [4.78, 5) is 2.11. The highest BCUT2D eigenvalue weighted by atomic mass is 19.3. The van der Waals surface area contributed by atoms with Crippen LogP contribution in [0.1, 0.15) is 24.1 Å². The molecule has 6 heteroatoms. The molecule has 136 valence electrons.